The molecule has 14 nitrogen and oxygen atoms in total. The van der Waals surface area contributed by atoms with Gasteiger partial charge in [-0.1, -0.05) is 59.5 Å². The fourth-order valence-electron chi connectivity index (χ4n) is 11.8. The second-order valence-electron chi connectivity index (χ2n) is 18.7. The van der Waals surface area contributed by atoms with Crippen molar-refractivity contribution in [3.05, 3.63) is 11.1 Å². The minimum absolute atomic E-state index is 0.0380. The van der Waals surface area contributed by atoms with Gasteiger partial charge >= 0.3 is 0 Å². The summed E-state index contributed by atoms with van der Waals surface area (Å²) < 4.78 is 35.5. The number of hydrogen-bond acceptors (Lipinski definition) is 14. The van der Waals surface area contributed by atoms with Gasteiger partial charge in [0.1, 0.15) is 54.9 Å². The number of ether oxygens (including phenoxy) is 6. The van der Waals surface area contributed by atoms with Crippen molar-refractivity contribution in [2.45, 2.75) is 178 Å². The molecule has 2 saturated heterocycles. The minimum Gasteiger partial charge on any atom is -0.393 e. The zero-order valence-corrected chi connectivity index (χ0v) is 33.8. The van der Waals surface area contributed by atoms with E-state index in [1.54, 1.807) is 0 Å². The average molecular weight is 787 g/mol. The van der Waals surface area contributed by atoms with E-state index >= 15 is 0 Å². The van der Waals surface area contributed by atoms with Crippen molar-refractivity contribution in [2.75, 3.05) is 27.4 Å². The maximum atomic E-state index is 11.9. The van der Waals surface area contributed by atoms with Gasteiger partial charge in [-0.2, -0.15) is 0 Å². The first-order valence-corrected chi connectivity index (χ1v) is 20.8. The molecule has 0 bridgehead atoms. The zero-order chi connectivity index (χ0) is 40.1. The van der Waals surface area contributed by atoms with Gasteiger partial charge in [-0.25, -0.2) is 0 Å². The number of rotatable bonds is 13. The highest BCUT2D eigenvalue weighted by Crippen LogP contribution is 2.66. The van der Waals surface area contributed by atoms with Crippen LogP contribution in [0.4, 0.5) is 0 Å². The summed E-state index contributed by atoms with van der Waals surface area (Å²) in [5.74, 6) is 0.545. The van der Waals surface area contributed by atoms with Gasteiger partial charge in [-0.3, -0.25) is 0 Å². The van der Waals surface area contributed by atoms with Crippen molar-refractivity contribution in [3.8, 4) is 0 Å². The molecule has 4 aliphatic carbocycles. The van der Waals surface area contributed by atoms with E-state index in [2.05, 4.69) is 34.6 Å². The van der Waals surface area contributed by atoms with Gasteiger partial charge in [0.2, 0.25) is 0 Å². The van der Waals surface area contributed by atoms with Crippen LogP contribution >= 0.6 is 0 Å². The largest absolute Gasteiger partial charge is 0.393 e. The Balaban J connectivity index is 1.32. The van der Waals surface area contributed by atoms with Crippen LogP contribution in [0.1, 0.15) is 92.4 Å². The van der Waals surface area contributed by atoms with Crippen LogP contribution in [0.25, 0.3) is 0 Å². The molecule has 6 rings (SSSR count). The van der Waals surface area contributed by atoms with E-state index in [-0.39, 0.29) is 47.7 Å². The third kappa shape index (κ3) is 8.09. The summed E-state index contributed by atoms with van der Waals surface area (Å²) in [5, 5.41) is 89.4. The molecule has 0 aromatic rings. The van der Waals surface area contributed by atoms with Crippen LogP contribution < -0.4 is 0 Å². The van der Waals surface area contributed by atoms with E-state index in [0.29, 0.717) is 25.2 Å². The van der Waals surface area contributed by atoms with Crippen molar-refractivity contribution in [1.29, 1.82) is 0 Å². The molecule has 318 valence electrons. The van der Waals surface area contributed by atoms with Gasteiger partial charge in [0.15, 0.2) is 12.6 Å². The molecule has 14 heteroatoms. The number of aliphatic hydroxyl groups is 8. The van der Waals surface area contributed by atoms with Crippen molar-refractivity contribution in [2.24, 2.45) is 40.4 Å². The molecular formula is C41H70O14. The molecule has 3 saturated carbocycles. The molecule has 2 aliphatic heterocycles. The molecule has 0 spiro atoms. The highest BCUT2D eigenvalue weighted by molar-refractivity contribution is 5.39. The van der Waals surface area contributed by atoms with Crippen LogP contribution in [0, 0.1) is 40.4 Å². The van der Waals surface area contributed by atoms with Crippen LogP contribution in [0.2, 0.25) is 0 Å². The summed E-state index contributed by atoms with van der Waals surface area (Å²) in [7, 11) is 2.86. The number of hydrogen-bond donors (Lipinski definition) is 8. The van der Waals surface area contributed by atoms with Gasteiger partial charge < -0.3 is 69.3 Å². The molecule has 2 heterocycles. The average Bonchev–Trinajstić information content (AvgIpc) is 3.43. The molecule has 6 aliphatic rings. The van der Waals surface area contributed by atoms with Crippen LogP contribution in [-0.4, -0.2) is 154 Å². The van der Waals surface area contributed by atoms with Gasteiger partial charge in [0, 0.05) is 14.2 Å². The first-order chi connectivity index (χ1) is 26.0. The maximum absolute atomic E-state index is 11.9. The molecule has 8 N–H and O–H groups in total. The molecule has 55 heavy (non-hydrogen) atoms. The number of aliphatic hydroxyl groups excluding tert-OH is 8. The molecule has 0 aromatic carbocycles. The smallest absolute Gasteiger partial charge is 0.187 e. The van der Waals surface area contributed by atoms with Gasteiger partial charge in [-0.15, -0.1) is 0 Å². The second kappa shape index (κ2) is 17.4. The van der Waals surface area contributed by atoms with Gasteiger partial charge in [0.05, 0.1) is 31.5 Å². The third-order valence-electron chi connectivity index (χ3n) is 14.8. The predicted octanol–water partition coefficient (Wildman–Crippen LogP) is 1.40. The third-order valence-corrected chi connectivity index (χ3v) is 14.8. The highest BCUT2D eigenvalue weighted by Gasteiger charge is 2.63. The lowest BCUT2D eigenvalue weighted by atomic mass is 9.47. The first kappa shape index (κ1) is 43.8. The Hall–Kier alpha value is -0.820. The highest BCUT2D eigenvalue weighted by atomic mass is 16.7. The van der Waals surface area contributed by atoms with E-state index in [1.165, 1.54) is 14.2 Å². The van der Waals surface area contributed by atoms with Crippen LogP contribution in [-0.2, 0) is 28.4 Å². The molecule has 0 unspecified atom stereocenters. The van der Waals surface area contributed by atoms with E-state index in [0.717, 1.165) is 49.7 Å². The maximum Gasteiger partial charge on any atom is 0.187 e. The fraction of sp³-hybridized carbons (Fsp3) is 0.951. The summed E-state index contributed by atoms with van der Waals surface area (Å²) in [6.45, 7) is 11.0. The van der Waals surface area contributed by atoms with Crippen molar-refractivity contribution in [3.63, 3.8) is 0 Å². The van der Waals surface area contributed by atoms with Crippen molar-refractivity contribution < 1.29 is 69.3 Å². The Morgan fingerprint density at radius 1 is 0.727 bits per heavy atom. The lowest BCUT2D eigenvalue weighted by Crippen LogP contribution is -2.65. The zero-order valence-electron chi connectivity index (χ0n) is 33.8. The Morgan fingerprint density at radius 3 is 2.00 bits per heavy atom. The van der Waals surface area contributed by atoms with E-state index < -0.39 is 85.8 Å². The lowest BCUT2D eigenvalue weighted by Gasteiger charge is -2.59. The number of methoxy groups -OCH3 is 2. The van der Waals surface area contributed by atoms with E-state index in [9.17, 15) is 40.9 Å². The van der Waals surface area contributed by atoms with Crippen molar-refractivity contribution >= 4 is 0 Å². The van der Waals surface area contributed by atoms with Gasteiger partial charge in [0.25, 0.3) is 0 Å². The SMILES string of the molecule is COC[C@H]1O[C@@H](O[C@H]2[C@@H](O)[C@@H](COC)O[C@@H](O[C@@H]3CC4=C5[C@@H](O)[C@@H](O)[C@H]6C[C@H](O)CC[C@]6(C)[C@H]5CC[C@]4(C)[C@H]3[C@H](C)CCCC(C)C)[C@@H]2O)[C@H](O)[C@@H](O)[C@H]1O. The Kier molecular flexibility index (Phi) is 13.9. The fourth-order valence-corrected chi connectivity index (χ4v) is 11.8. The van der Waals surface area contributed by atoms with Crippen LogP contribution in [0.3, 0.4) is 0 Å². The Labute approximate surface area is 326 Å². The van der Waals surface area contributed by atoms with Crippen molar-refractivity contribution in [1.82, 2.24) is 0 Å². The van der Waals surface area contributed by atoms with Crippen LogP contribution in [0.15, 0.2) is 11.1 Å². The second-order valence-corrected chi connectivity index (χ2v) is 18.7. The predicted molar refractivity (Wildman–Crippen MR) is 198 cm³/mol. The minimum atomic E-state index is -1.70. The number of fused-ring (bicyclic) bond motifs is 4. The quantitative estimate of drug-likeness (QED) is 0.124. The molecule has 5 fully saturated rings. The molecule has 20 atom stereocenters. The standard InChI is InChI=1S/C41H70O14/c1-19(2)9-8-10-20(3)29-25(16-23-28-22(12-14-41(23,29)5)40(4)13-11-21(42)15-24(40)30(43)33(28)46)52-39-36(49)37(32(45)27(54-39)18-51-7)55-38-35(48)34(47)31(44)26(53-38)17-50-6/h19-22,24-27,29-39,42-49H,8-18H2,1-7H3/t20-,21-,22+,24-,25-,26-,27-,29+,30+,31+,32+,33-,34+,35-,36-,37+,38+,39-,40-,41+/m1/s1. The Morgan fingerprint density at radius 2 is 1.36 bits per heavy atom. The Bertz CT molecular complexity index is 1320. The molecule has 0 radical (unpaired) electrons. The lowest BCUT2D eigenvalue weighted by molar-refractivity contribution is -0.365. The normalized spacial score (nSPS) is 49.4. The molecule has 0 amide bonds. The topological polar surface area (TPSA) is 217 Å². The summed E-state index contributed by atoms with van der Waals surface area (Å²) in [6.07, 6.45) is -10.0. The van der Waals surface area contributed by atoms with E-state index in [4.69, 9.17) is 28.4 Å². The monoisotopic (exact) mass is 786 g/mol. The van der Waals surface area contributed by atoms with Gasteiger partial charge in [-0.05, 0) is 84.5 Å². The summed E-state index contributed by atoms with van der Waals surface area (Å²) in [6, 6.07) is 0. The molecular weight excluding hydrogens is 716 g/mol. The summed E-state index contributed by atoms with van der Waals surface area (Å²) in [5.41, 5.74) is 1.37. The summed E-state index contributed by atoms with van der Waals surface area (Å²) >= 11 is 0. The molecule has 0 aromatic heterocycles. The van der Waals surface area contributed by atoms with E-state index in [1.807, 2.05) is 0 Å². The first-order valence-electron chi connectivity index (χ1n) is 20.8. The summed E-state index contributed by atoms with van der Waals surface area (Å²) in [4.78, 5) is 0. The van der Waals surface area contributed by atoms with Crippen LogP contribution in [0.5, 0.6) is 0 Å².